The number of nitrogens with zero attached hydrogens (tertiary/aromatic N) is 4. The molecule has 3 rings (SSSR count). The molecule has 0 heterocycles. The van der Waals surface area contributed by atoms with Gasteiger partial charge in [-0.1, -0.05) is 152 Å². The van der Waals surface area contributed by atoms with Gasteiger partial charge in [0.15, 0.2) is 13.1 Å². The van der Waals surface area contributed by atoms with Crippen LogP contribution in [0, 0.1) is 0 Å². The average molecular weight is 779 g/mol. The second-order valence-electron chi connectivity index (χ2n) is 18.2. The summed E-state index contributed by atoms with van der Waals surface area (Å²) in [7, 11) is 8.79. The lowest BCUT2D eigenvalue weighted by Gasteiger charge is -2.31. The Labute approximate surface area is 341 Å². The summed E-state index contributed by atoms with van der Waals surface area (Å²) in [4.78, 5) is 9.64. The fourth-order valence-corrected chi connectivity index (χ4v) is 8.42. The zero-order chi connectivity index (χ0) is 40.8. The minimum atomic E-state index is -0.430. The molecule has 1 aliphatic carbocycles. The number of aliphatic imine (C=N–C) groups is 2. The van der Waals surface area contributed by atoms with E-state index >= 15 is 0 Å². The number of unbranched alkanes of at least 4 members (excludes halogenated alkanes) is 18. The number of hydrogen-bond donors (Lipinski definition) is 0. The summed E-state index contributed by atoms with van der Waals surface area (Å²) in [6.07, 6.45) is 29.0. The van der Waals surface area contributed by atoms with Gasteiger partial charge in [0.05, 0.1) is 52.7 Å². The van der Waals surface area contributed by atoms with Crippen LogP contribution in [0.3, 0.4) is 0 Å². The number of likely N-dealkylation sites (N-methyl/N-ethyl adjacent to an activating group) is 2. The lowest BCUT2D eigenvalue weighted by molar-refractivity contribution is -0.893. The van der Waals surface area contributed by atoms with Crippen molar-refractivity contribution in [2.45, 2.75) is 154 Å². The van der Waals surface area contributed by atoms with Crippen LogP contribution in [0.4, 0.5) is 0 Å². The van der Waals surface area contributed by atoms with Crippen LogP contribution in [-0.2, 0) is 0 Å². The van der Waals surface area contributed by atoms with Crippen LogP contribution in [0.25, 0.3) is 10.8 Å². The molecule has 0 amide bonds. The van der Waals surface area contributed by atoms with Gasteiger partial charge < -0.3 is 29.4 Å². The van der Waals surface area contributed by atoms with E-state index in [-0.39, 0.29) is 24.6 Å². The molecule has 0 saturated heterocycles. The number of hydrogen-bond acceptors (Lipinski definition) is 4. The third kappa shape index (κ3) is 17.0. The van der Waals surface area contributed by atoms with E-state index in [0.717, 1.165) is 34.9 Å². The van der Waals surface area contributed by atoms with E-state index in [4.69, 9.17) is 20.2 Å². The predicted molar refractivity (Wildman–Crippen MR) is 237 cm³/mol. The van der Waals surface area contributed by atoms with Crippen molar-refractivity contribution in [2.24, 2.45) is 9.98 Å². The molecule has 0 aliphatic heterocycles. The van der Waals surface area contributed by atoms with E-state index in [0.29, 0.717) is 46.4 Å². The summed E-state index contributed by atoms with van der Waals surface area (Å²) < 4.78 is 1.54. The van der Waals surface area contributed by atoms with Crippen molar-refractivity contribution in [3.8, 4) is 11.5 Å². The van der Waals surface area contributed by atoms with Crippen molar-refractivity contribution in [1.29, 1.82) is 0 Å². The van der Waals surface area contributed by atoms with Gasteiger partial charge in [-0.2, -0.15) is 0 Å². The largest absolute Gasteiger partial charge is 0.872 e. The first-order valence-corrected chi connectivity index (χ1v) is 22.7. The van der Waals surface area contributed by atoms with Gasteiger partial charge in [-0.3, -0.25) is 9.98 Å². The monoisotopic (exact) mass is 779 g/mol. The molecule has 0 saturated carbocycles. The number of allylic oxidation sites excluding steroid dienone is 2. The van der Waals surface area contributed by atoms with Crippen LogP contribution < -0.4 is 10.2 Å². The Morgan fingerprint density at radius 1 is 0.500 bits per heavy atom. The minimum Gasteiger partial charge on any atom is -0.872 e. The van der Waals surface area contributed by atoms with E-state index in [9.17, 15) is 10.2 Å². The van der Waals surface area contributed by atoms with Gasteiger partial charge in [0.2, 0.25) is 12.2 Å². The van der Waals surface area contributed by atoms with Crippen molar-refractivity contribution in [3.63, 3.8) is 0 Å². The van der Waals surface area contributed by atoms with E-state index in [1.165, 1.54) is 116 Å². The first-order chi connectivity index (χ1) is 26.9. The molecule has 0 fully saturated rings. The summed E-state index contributed by atoms with van der Waals surface area (Å²) in [6.45, 7) is 8.46. The Bertz CT molecular complexity index is 1400. The first-order valence-electron chi connectivity index (χ1n) is 22.7. The second-order valence-corrected chi connectivity index (χ2v) is 18.2. The third-order valence-electron chi connectivity index (χ3n) is 11.7. The third-order valence-corrected chi connectivity index (χ3v) is 11.7. The molecular formula is C48H82N4O4+2. The number of fused-ring (bicyclic) bond motifs is 2. The first kappa shape index (κ1) is 47.6. The van der Waals surface area contributed by atoms with Gasteiger partial charge >= 0.3 is 0 Å². The molecule has 1 aliphatic rings. The normalized spacial score (nSPS) is 15.9. The van der Waals surface area contributed by atoms with Crippen molar-refractivity contribution in [3.05, 3.63) is 47.5 Å². The molecule has 2 aromatic carbocycles. The molecule has 2 aromatic rings. The molecule has 0 bridgehead atoms. The highest BCUT2D eigenvalue weighted by molar-refractivity contribution is 6.30. The zero-order valence-corrected chi connectivity index (χ0v) is 36.6. The topological polar surface area (TPSA) is 117 Å². The lowest BCUT2D eigenvalue weighted by Crippen LogP contribution is -2.46. The summed E-state index contributed by atoms with van der Waals surface area (Å²) in [5, 5.41) is 46.5. The molecular weight excluding hydrogens is 697 g/mol. The minimum absolute atomic E-state index is 0.221. The highest BCUT2D eigenvalue weighted by atomic mass is 16.3. The number of benzene rings is 2. The summed E-state index contributed by atoms with van der Waals surface area (Å²) >= 11 is 0. The molecule has 56 heavy (non-hydrogen) atoms. The molecule has 0 spiro atoms. The van der Waals surface area contributed by atoms with Crippen LogP contribution in [0.1, 0.15) is 153 Å². The van der Waals surface area contributed by atoms with Crippen LogP contribution in [-0.4, -0.2) is 110 Å². The van der Waals surface area contributed by atoms with Gasteiger partial charge in [0, 0.05) is 11.1 Å². The van der Waals surface area contributed by atoms with E-state index in [1.807, 2.05) is 0 Å². The quantitative estimate of drug-likeness (QED) is 0.0451. The SMILES string of the molecule is CCCCCCCCCCCC[N+](C)(C)CC([OH2+])CN=C1C=CC(=NCC([OH2+])C[N+](C)(C)CCCCCCCCCCCC)c2c1c([O-])c1ccccc1c2[O-]. The number of quaternary nitrogens is 2. The Balaban J connectivity index is 1.58. The van der Waals surface area contributed by atoms with Crippen molar-refractivity contribution in [2.75, 3.05) is 67.5 Å². The molecule has 0 radical (unpaired) electrons. The second kappa shape index (κ2) is 25.6. The Morgan fingerprint density at radius 3 is 1.12 bits per heavy atom. The standard InChI is InChI=1S/C48H80N4O4/c1-7-9-11-13-15-17-19-21-23-27-33-51(3,4)37-39(53)35-49-43-31-32-44(46-45(43)47(55)41-29-25-26-30-42(41)48(46)56)50-36-40(54)38-52(5,6)34-28-24-22-20-18-16-14-12-10-8-2/h25-26,29-32,39-40,53-54H,7-24,27-28,33-38H2,1-6H3/p+2. The van der Waals surface area contributed by atoms with Crippen molar-refractivity contribution >= 4 is 22.2 Å². The van der Waals surface area contributed by atoms with Crippen molar-refractivity contribution in [1.82, 2.24) is 0 Å². The summed E-state index contributed by atoms with van der Waals surface area (Å²) in [5.41, 5.74) is 1.50. The van der Waals surface area contributed by atoms with Gasteiger partial charge in [0.1, 0.15) is 13.1 Å². The van der Waals surface area contributed by atoms with Crippen LogP contribution in [0.15, 0.2) is 46.4 Å². The van der Waals surface area contributed by atoms with Crippen molar-refractivity contribution < 1.29 is 29.4 Å². The Hall–Kier alpha value is -2.78. The maximum atomic E-state index is 14.0. The van der Waals surface area contributed by atoms with E-state index in [1.54, 1.807) is 36.4 Å². The van der Waals surface area contributed by atoms with Crippen LogP contribution in [0.2, 0.25) is 0 Å². The lowest BCUT2D eigenvalue weighted by atomic mass is 9.88. The smallest absolute Gasteiger partial charge is 0.223 e. The summed E-state index contributed by atoms with van der Waals surface area (Å²) in [5.74, 6) is -0.442. The average Bonchev–Trinajstić information content (AvgIpc) is 3.16. The molecule has 2 atom stereocenters. The Kier molecular flexibility index (Phi) is 21.7. The van der Waals surface area contributed by atoms with Crippen LogP contribution in [0.5, 0.6) is 11.5 Å². The highest BCUT2D eigenvalue weighted by Gasteiger charge is 2.27. The van der Waals surface area contributed by atoms with Crippen LogP contribution >= 0.6 is 0 Å². The van der Waals surface area contributed by atoms with Gasteiger partial charge in [0.25, 0.3) is 0 Å². The molecule has 2 unspecified atom stereocenters. The highest BCUT2D eigenvalue weighted by Crippen LogP contribution is 2.39. The molecule has 4 N–H and O–H groups in total. The molecule has 0 aromatic heterocycles. The van der Waals surface area contributed by atoms with Gasteiger partial charge in [-0.05, 0) is 48.6 Å². The molecule has 8 heteroatoms. The fourth-order valence-electron chi connectivity index (χ4n) is 8.42. The maximum Gasteiger partial charge on any atom is 0.223 e. The number of rotatable bonds is 30. The zero-order valence-electron chi connectivity index (χ0n) is 36.6. The van der Waals surface area contributed by atoms with E-state index in [2.05, 4.69) is 42.0 Å². The fraction of sp³-hybridized carbons (Fsp3) is 0.708. The van der Waals surface area contributed by atoms with Gasteiger partial charge in [-0.25, -0.2) is 0 Å². The Morgan fingerprint density at radius 2 is 0.804 bits per heavy atom. The van der Waals surface area contributed by atoms with Gasteiger partial charge in [-0.15, -0.1) is 0 Å². The predicted octanol–water partition coefficient (Wildman–Crippen LogP) is 8.32. The van der Waals surface area contributed by atoms with E-state index < -0.39 is 12.2 Å². The molecule has 8 nitrogen and oxygen atoms in total. The maximum absolute atomic E-state index is 14.0. The molecule has 316 valence electrons. The summed E-state index contributed by atoms with van der Waals surface area (Å²) in [6, 6.07) is 6.99.